The Hall–Kier alpha value is -3.35. The molecule has 1 aliphatic heterocycles. The molecule has 0 spiro atoms. The number of benzene rings is 3. The van der Waals surface area contributed by atoms with Crippen LogP contribution in [0.3, 0.4) is 0 Å². The molecule has 3 aromatic rings. The Kier molecular flexibility index (Phi) is 8.62. The topological polar surface area (TPSA) is 62.2 Å². The summed E-state index contributed by atoms with van der Waals surface area (Å²) in [6, 6.07) is 27.0. The van der Waals surface area contributed by atoms with Crippen molar-refractivity contribution in [1.82, 2.24) is 9.80 Å². The van der Waals surface area contributed by atoms with Gasteiger partial charge in [-0.2, -0.15) is 0 Å². The van der Waals surface area contributed by atoms with E-state index in [0.717, 1.165) is 69.5 Å². The van der Waals surface area contributed by atoms with E-state index in [1.54, 1.807) is 0 Å². The molecule has 0 aromatic heterocycles. The monoisotopic (exact) mass is 608 g/mol. The molecule has 1 saturated heterocycles. The van der Waals surface area contributed by atoms with Gasteiger partial charge < -0.3 is 19.5 Å². The highest BCUT2D eigenvalue weighted by Crippen LogP contribution is 2.65. The number of piperazine rings is 1. The van der Waals surface area contributed by atoms with Gasteiger partial charge in [0.15, 0.2) is 0 Å². The molecule has 5 atom stereocenters. The van der Waals surface area contributed by atoms with Crippen molar-refractivity contribution in [2.45, 2.75) is 76.6 Å². The second-order valence-electron chi connectivity index (χ2n) is 14.2. The Morgan fingerprint density at radius 3 is 2.31 bits per heavy atom. The van der Waals surface area contributed by atoms with Crippen molar-refractivity contribution in [3.05, 3.63) is 101 Å². The molecule has 0 radical (unpaired) electrons. The predicted molar refractivity (Wildman–Crippen MR) is 176 cm³/mol. The number of fused-ring (bicyclic) bond motifs is 5. The quantitative estimate of drug-likeness (QED) is 0.293. The van der Waals surface area contributed by atoms with Crippen LogP contribution in [0.2, 0.25) is 0 Å². The summed E-state index contributed by atoms with van der Waals surface area (Å²) in [7, 11) is 0. The summed E-state index contributed by atoms with van der Waals surface area (Å²) in [5.74, 6) is 2.77. The minimum absolute atomic E-state index is 0.0343. The highest BCUT2D eigenvalue weighted by Gasteiger charge is 2.61. The number of ether oxygens (including phenoxy) is 2. The summed E-state index contributed by atoms with van der Waals surface area (Å²) in [4.78, 5) is 16.9. The zero-order chi connectivity index (χ0) is 30.9. The fraction of sp³-hybridized carbons (Fsp3) is 0.513. The first-order valence-corrected chi connectivity index (χ1v) is 17.1. The van der Waals surface area contributed by atoms with Crippen LogP contribution >= 0.6 is 0 Å². The van der Waals surface area contributed by atoms with Gasteiger partial charge in [0.2, 0.25) is 0 Å². The molecule has 2 saturated carbocycles. The van der Waals surface area contributed by atoms with Crippen LogP contribution < -0.4 is 4.74 Å². The van der Waals surface area contributed by atoms with Crippen LogP contribution in [0.5, 0.6) is 5.75 Å². The first-order valence-electron chi connectivity index (χ1n) is 17.1. The summed E-state index contributed by atoms with van der Waals surface area (Å²) in [6.07, 6.45) is 7.16. The van der Waals surface area contributed by atoms with E-state index in [0.29, 0.717) is 44.1 Å². The summed E-state index contributed by atoms with van der Waals surface area (Å²) < 4.78 is 11.7. The maximum Gasteiger partial charge on any atom is 0.410 e. The van der Waals surface area contributed by atoms with Crippen molar-refractivity contribution in [3.63, 3.8) is 0 Å². The van der Waals surface area contributed by atoms with Crippen molar-refractivity contribution in [3.8, 4) is 5.75 Å². The largest absolute Gasteiger partial charge is 0.489 e. The lowest BCUT2D eigenvalue weighted by Gasteiger charge is -2.53. The van der Waals surface area contributed by atoms with Crippen LogP contribution in [-0.2, 0) is 24.4 Å². The van der Waals surface area contributed by atoms with E-state index in [-0.39, 0.29) is 11.5 Å². The molecular weight excluding hydrogens is 560 g/mol. The molecule has 6 nitrogen and oxygen atoms in total. The maximum atomic E-state index is 12.6. The molecular formula is C39H48N2O4. The molecule has 4 aliphatic rings. The fourth-order valence-electron chi connectivity index (χ4n) is 9.22. The van der Waals surface area contributed by atoms with Crippen LogP contribution in [-0.4, -0.2) is 59.3 Å². The second-order valence-corrected chi connectivity index (χ2v) is 14.2. The van der Waals surface area contributed by atoms with Crippen LogP contribution in [0.4, 0.5) is 4.79 Å². The zero-order valence-corrected chi connectivity index (χ0v) is 26.7. The highest BCUT2D eigenvalue weighted by molar-refractivity contribution is 5.67. The Bertz CT molecular complexity index is 1460. The predicted octanol–water partition coefficient (Wildman–Crippen LogP) is 7.20. The van der Waals surface area contributed by atoms with E-state index < -0.39 is 5.60 Å². The standard InChI is InChI=1S/C39H48N2O4/c1-38-18-16-34-33-15-13-32(44-27-29-8-4-2-5-9-29)26-31(33)12-14-35(34)36(38)17-19-39(38,43)20-21-40-22-24-41(25-23-40)37(42)45-28-30-10-6-3-7-11-30/h2-11,13,15,26,34-36,43H,12,14,16-25,27-28H2,1H3/t34-,35-,36+,38+,39-/m1/s1. The summed E-state index contributed by atoms with van der Waals surface area (Å²) in [6.45, 7) is 7.20. The van der Waals surface area contributed by atoms with Crippen LogP contribution in [0.15, 0.2) is 78.9 Å². The lowest BCUT2D eigenvalue weighted by atomic mass is 9.53. The summed E-state index contributed by atoms with van der Waals surface area (Å²) >= 11 is 0. The van der Waals surface area contributed by atoms with Gasteiger partial charge in [-0.25, -0.2) is 4.79 Å². The first kappa shape index (κ1) is 30.3. The van der Waals surface area contributed by atoms with Crippen molar-refractivity contribution < 1.29 is 19.4 Å². The normalized spacial score (nSPS) is 29.4. The van der Waals surface area contributed by atoms with Gasteiger partial charge in [-0.3, -0.25) is 4.90 Å². The van der Waals surface area contributed by atoms with Gasteiger partial charge in [0.1, 0.15) is 19.0 Å². The fourth-order valence-corrected chi connectivity index (χ4v) is 9.22. The van der Waals surface area contributed by atoms with Gasteiger partial charge in [-0.15, -0.1) is 0 Å². The minimum Gasteiger partial charge on any atom is -0.489 e. The Balaban J connectivity index is 0.920. The molecule has 0 unspecified atom stereocenters. The van der Waals surface area contributed by atoms with Crippen LogP contribution in [0, 0.1) is 17.3 Å². The number of nitrogens with zero attached hydrogens (tertiary/aromatic N) is 2. The molecule has 3 fully saturated rings. The van der Waals surface area contributed by atoms with Crippen LogP contribution in [0.1, 0.15) is 73.6 Å². The molecule has 6 heteroatoms. The average molecular weight is 609 g/mol. The Morgan fingerprint density at radius 2 is 1.58 bits per heavy atom. The zero-order valence-electron chi connectivity index (χ0n) is 26.7. The van der Waals surface area contributed by atoms with E-state index in [4.69, 9.17) is 9.47 Å². The molecule has 0 bridgehead atoms. The number of hydrogen-bond donors (Lipinski definition) is 1. The Morgan fingerprint density at radius 1 is 0.867 bits per heavy atom. The number of rotatable bonds is 8. The third kappa shape index (κ3) is 6.12. The van der Waals surface area contributed by atoms with Gasteiger partial charge in [0.05, 0.1) is 5.60 Å². The van der Waals surface area contributed by atoms with E-state index in [1.165, 1.54) is 23.1 Å². The number of amides is 1. The van der Waals surface area contributed by atoms with Crippen LogP contribution in [0.25, 0.3) is 0 Å². The van der Waals surface area contributed by atoms with Crippen molar-refractivity contribution in [2.24, 2.45) is 17.3 Å². The van der Waals surface area contributed by atoms with E-state index in [9.17, 15) is 9.90 Å². The Labute approximate surface area is 268 Å². The number of carbonyl (C=O) groups excluding carboxylic acids is 1. The van der Waals surface area contributed by atoms with Gasteiger partial charge in [0.25, 0.3) is 0 Å². The van der Waals surface area contributed by atoms with Gasteiger partial charge in [-0.05, 0) is 103 Å². The van der Waals surface area contributed by atoms with Crippen molar-refractivity contribution in [1.29, 1.82) is 0 Å². The molecule has 1 N–H and O–H groups in total. The minimum atomic E-state index is -0.621. The highest BCUT2D eigenvalue weighted by atomic mass is 16.6. The van der Waals surface area contributed by atoms with Gasteiger partial charge in [-0.1, -0.05) is 73.7 Å². The molecule has 238 valence electrons. The smallest absolute Gasteiger partial charge is 0.410 e. The van der Waals surface area contributed by atoms with Gasteiger partial charge >= 0.3 is 6.09 Å². The third-order valence-electron chi connectivity index (χ3n) is 11.9. The number of hydrogen-bond acceptors (Lipinski definition) is 5. The maximum absolute atomic E-state index is 12.6. The van der Waals surface area contributed by atoms with Gasteiger partial charge in [0, 0.05) is 32.7 Å². The van der Waals surface area contributed by atoms with Crippen molar-refractivity contribution >= 4 is 6.09 Å². The number of aryl methyl sites for hydroxylation is 1. The molecule has 3 aliphatic carbocycles. The first-order chi connectivity index (χ1) is 21.9. The lowest BCUT2D eigenvalue weighted by molar-refractivity contribution is -0.111. The van der Waals surface area contributed by atoms with E-state index in [2.05, 4.69) is 54.3 Å². The molecule has 45 heavy (non-hydrogen) atoms. The number of aliphatic hydroxyl groups is 1. The van der Waals surface area contributed by atoms with E-state index >= 15 is 0 Å². The number of carbonyl (C=O) groups is 1. The average Bonchev–Trinajstić information content (AvgIpc) is 3.36. The lowest BCUT2D eigenvalue weighted by Crippen LogP contribution is -2.53. The second kappa shape index (κ2) is 12.8. The SMILES string of the molecule is C[C@]12CC[C@@H]3c4ccc(OCc5ccccc5)cc4CC[C@H]3[C@@H]1CC[C@@]2(O)CCN1CCN(C(=O)OCc2ccccc2)CC1. The molecule has 1 heterocycles. The molecule has 3 aromatic carbocycles. The molecule has 7 rings (SSSR count). The summed E-state index contributed by atoms with van der Waals surface area (Å²) in [5.41, 5.74) is 4.53. The van der Waals surface area contributed by atoms with Crippen molar-refractivity contribution in [2.75, 3.05) is 32.7 Å². The molecule has 1 amide bonds. The van der Waals surface area contributed by atoms with E-state index in [1.807, 2.05) is 41.3 Å². The third-order valence-corrected chi connectivity index (χ3v) is 11.9. The summed E-state index contributed by atoms with van der Waals surface area (Å²) in [5, 5.41) is 12.2.